The smallest absolute Gasteiger partial charge is 0.236 e. The molecule has 2 fully saturated rings. The molecule has 0 bridgehead atoms. The number of carbonyl (C=O) groups is 1. The molecule has 1 atom stereocenters. The Kier molecular flexibility index (Phi) is 7.81. The number of aliphatic hydroxyl groups excluding tert-OH is 1. The lowest BCUT2D eigenvalue weighted by atomic mass is 10.1. The molecular weight excluding hydrogens is 555 g/mol. The van der Waals surface area contributed by atoms with Gasteiger partial charge in [0.15, 0.2) is 5.13 Å². The van der Waals surface area contributed by atoms with E-state index in [0.29, 0.717) is 47.3 Å². The maximum absolute atomic E-state index is 13.5. The standard InChI is InChI=1S/C30H33FN8O2S/c1-3-24-29(35(2)30-33-28(26(17-32)42-30)20-4-6-21(31)7-5-20)25-16-22(8-11-39(25)34-24)37-14-12-36(13-15-37)19-27(41)38-10-9-23(40)18-38/h4-8,11,16,23,40H,3,9-10,12-15,18-19H2,1-2H3/t23-/m0/s1. The van der Waals surface area contributed by atoms with Gasteiger partial charge < -0.3 is 19.8 Å². The van der Waals surface area contributed by atoms with Crippen molar-refractivity contribution in [3.05, 3.63) is 59.0 Å². The van der Waals surface area contributed by atoms with Crippen molar-refractivity contribution in [3.63, 3.8) is 0 Å². The van der Waals surface area contributed by atoms with Gasteiger partial charge in [-0.25, -0.2) is 13.9 Å². The van der Waals surface area contributed by atoms with E-state index in [1.165, 1.54) is 23.5 Å². The molecule has 1 aromatic carbocycles. The SMILES string of the molecule is CCc1nn2ccc(N3CCN(CC(=O)N4CC[C@H](O)C4)CC3)cc2c1N(C)c1nc(-c2ccc(F)cc2)c(C#N)s1. The number of fused-ring (bicyclic) bond motifs is 1. The summed E-state index contributed by atoms with van der Waals surface area (Å²) in [6.45, 7) is 6.67. The average molecular weight is 589 g/mol. The molecule has 0 unspecified atom stereocenters. The van der Waals surface area contributed by atoms with E-state index < -0.39 is 6.10 Å². The minimum atomic E-state index is -0.401. The number of aryl methyl sites for hydroxylation is 1. The van der Waals surface area contributed by atoms with Crippen molar-refractivity contribution in [2.24, 2.45) is 0 Å². The third kappa shape index (κ3) is 5.43. The zero-order valence-electron chi connectivity index (χ0n) is 23.7. The molecule has 4 aromatic rings. The number of nitriles is 1. The molecule has 1 amide bonds. The van der Waals surface area contributed by atoms with Crippen molar-refractivity contribution in [1.82, 2.24) is 24.4 Å². The van der Waals surface area contributed by atoms with Crippen LogP contribution in [0.1, 0.15) is 23.9 Å². The Morgan fingerprint density at radius 1 is 1.19 bits per heavy atom. The summed E-state index contributed by atoms with van der Waals surface area (Å²) in [6.07, 6.45) is 2.95. The van der Waals surface area contributed by atoms with Crippen LogP contribution in [0.25, 0.3) is 16.8 Å². The molecule has 218 valence electrons. The van der Waals surface area contributed by atoms with Crippen LogP contribution in [0.3, 0.4) is 0 Å². The van der Waals surface area contributed by atoms with Gasteiger partial charge in [-0.05, 0) is 49.2 Å². The monoisotopic (exact) mass is 588 g/mol. The summed E-state index contributed by atoms with van der Waals surface area (Å²) in [6, 6.07) is 12.5. The van der Waals surface area contributed by atoms with Crippen LogP contribution in [0.5, 0.6) is 0 Å². The largest absolute Gasteiger partial charge is 0.391 e. The fourth-order valence-electron chi connectivity index (χ4n) is 5.72. The Hall–Kier alpha value is -4.05. The number of carbonyl (C=O) groups excluding carboxylic acids is 1. The van der Waals surface area contributed by atoms with Crippen LogP contribution in [-0.2, 0) is 11.2 Å². The molecule has 0 saturated carbocycles. The summed E-state index contributed by atoms with van der Waals surface area (Å²) in [5.41, 5.74) is 5.10. The summed E-state index contributed by atoms with van der Waals surface area (Å²) in [5.74, 6) is -0.248. The number of hydrogen-bond donors (Lipinski definition) is 1. The maximum atomic E-state index is 13.5. The minimum Gasteiger partial charge on any atom is -0.391 e. The second-order valence-electron chi connectivity index (χ2n) is 10.8. The van der Waals surface area contributed by atoms with Gasteiger partial charge in [0.25, 0.3) is 0 Å². The number of rotatable bonds is 7. The molecule has 0 aliphatic carbocycles. The number of piperazine rings is 1. The zero-order chi connectivity index (χ0) is 29.4. The van der Waals surface area contributed by atoms with Crippen molar-refractivity contribution in [3.8, 4) is 17.3 Å². The van der Waals surface area contributed by atoms with E-state index in [1.54, 1.807) is 17.0 Å². The van der Waals surface area contributed by atoms with Gasteiger partial charge in [0, 0.05) is 63.8 Å². The number of β-amino-alcohol motifs (C(OH)–C–C–N with tert-alkyl or cyclic N) is 1. The third-order valence-corrected chi connectivity index (χ3v) is 9.10. The van der Waals surface area contributed by atoms with Crippen LogP contribution in [0.15, 0.2) is 42.6 Å². The van der Waals surface area contributed by atoms with E-state index in [4.69, 9.17) is 10.1 Å². The second kappa shape index (κ2) is 11.7. The lowest BCUT2D eigenvalue weighted by Gasteiger charge is -2.36. The summed E-state index contributed by atoms with van der Waals surface area (Å²) in [7, 11) is 1.94. The van der Waals surface area contributed by atoms with Crippen molar-refractivity contribution in [1.29, 1.82) is 5.26 Å². The molecule has 2 aliphatic heterocycles. The molecule has 6 rings (SSSR count). The molecule has 0 spiro atoms. The number of benzene rings is 1. The average Bonchev–Trinajstić information content (AvgIpc) is 3.73. The molecule has 42 heavy (non-hydrogen) atoms. The lowest BCUT2D eigenvalue weighted by Crippen LogP contribution is -2.50. The first-order valence-corrected chi connectivity index (χ1v) is 15.0. The predicted octanol–water partition coefficient (Wildman–Crippen LogP) is 3.51. The molecule has 3 aromatic heterocycles. The Labute approximate surface area is 247 Å². The van der Waals surface area contributed by atoms with E-state index >= 15 is 0 Å². The van der Waals surface area contributed by atoms with Gasteiger partial charge in [-0.3, -0.25) is 9.69 Å². The van der Waals surface area contributed by atoms with Crippen LogP contribution >= 0.6 is 11.3 Å². The molecule has 10 nitrogen and oxygen atoms in total. The van der Waals surface area contributed by atoms with E-state index in [1.807, 2.05) is 22.7 Å². The highest BCUT2D eigenvalue weighted by Gasteiger charge is 2.28. The van der Waals surface area contributed by atoms with Crippen molar-refractivity contribution < 1.29 is 14.3 Å². The van der Waals surface area contributed by atoms with Crippen molar-refractivity contribution in [2.75, 3.05) is 62.7 Å². The van der Waals surface area contributed by atoms with Crippen molar-refractivity contribution >= 4 is 39.3 Å². The quantitative estimate of drug-likeness (QED) is 0.350. The summed E-state index contributed by atoms with van der Waals surface area (Å²) in [4.78, 5) is 26.2. The van der Waals surface area contributed by atoms with E-state index in [9.17, 15) is 19.6 Å². The van der Waals surface area contributed by atoms with E-state index in [-0.39, 0.29) is 11.7 Å². The highest BCUT2D eigenvalue weighted by atomic mass is 32.1. The number of thiazole rings is 1. The number of amides is 1. The van der Waals surface area contributed by atoms with Crippen LogP contribution in [0.2, 0.25) is 0 Å². The molecule has 12 heteroatoms. The molecule has 0 radical (unpaired) electrons. The number of hydrogen-bond acceptors (Lipinski definition) is 9. The minimum absolute atomic E-state index is 0.0878. The number of aromatic nitrogens is 3. The third-order valence-electron chi connectivity index (χ3n) is 8.07. The number of halogens is 1. The van der Waals surface area contributed by atoms with E-state index in [0.717, 1.165) is 55.2 Å². The molecule has 5 heterocycles. The highest BCUT2D eigenvalue weighted by molar-refractivity contribution is 7.16. The van der Waals surface area contributed by atoms with Gasteiger partial charge in [0.1, 0.15) is 22.5 Å². The van der Waals surface area contributed by atoms with Crippen LogP contribution in [-0.4, -0.2) is 94.4 Å². The normalized spacial score (nSPS) is 17.6. The number of likely N-dealkylation sites (tertiary alicyclic amines) is 1. The number of nitrogens with zero attached hydrogens (tertiary/aromatic N) is 8. The first-order chi connectivity index (χ1) is 20.3. The molecule has 1 N–H and O–H groups in total. The van der Waals surface area contributed by atoms with Gasteiger partial charge in [-0.15, -0.1) is 0 Å². The summed E-state index contributed by atoms with van der Waals surface area (Å²) >= 11 is 1.30. The lowest BCUT2D eigenvalue weighted by molar-refractivity contribution is -0.131. The number of pyridine rings is 1. The Balaban J connectivity index is 1.22. The summed E-state index contributed by atoms with van der Waals surface area (Å²) < 4.78 is 15.4. The van der Waals surface area contributed by atoms with Crippen LogP contribution < -0.4 is 9.80 Å². The molecule has 2 saturated heterocycles. The van der Waals surface area contributed by atoms with Gasteiger partial charge in [0.05, 0.1) is 29.5 Å². The van der Waals surface area contributed by atoms with Crippen LogP contribution in [0, 0.1) is 17.1 Å². The number of anilines is 3. The zero-order valence-corrected chi connectivity index (χ0v) is 24.5. The topological polar surface area (TPSA) is 104 Å². The van der Waals surface area contributed by atoms with Gasteiger partial charge in [-0.1, -0.05) is 18.3 Å². The second-order valence-corrected chi connectivity index (χ2v) is 11.7. The summed E-state index contributed by atoms with van der Waals surface area (Å²) in [5, 5.41) is 25.1. The Bertz CT molecular complexity index is 1640. The van der Waals surface area contributed by atoms with Crippen molar-refractivity contribution in [2.45, 2.75) is 25.9 Å². The first kappa shape index (κ1) is 28.1. The number of aliphatic hydroxyl groups is 1. The van der Waals surface area contributed by atoms with Gasteiger partial charge in [-0.2, -0.15) is 10.4 Å². The maximum Gasteiger partial charge on any atom is 0.236 e. The fraction of sp³-hybridized carbons (Fsp3) is 0.400. The molecular formula is C30H33FN8O2S. The Morgan fingerprint density at radius 3 is 2.62 bits per heavy atom. The first-order valence-electron chi connectivity index (χ1n) is 14.2. The fourth-order valence-corrected chi connectivity index (χ4v) is 6.58. The highest BCUT2D eigenvalue weighted by Crippen LogP contribution is 2.39. The van der Waals surface area contributed by atoms with Crippen LogP contribution in [0.4, 0.5) is 20.9 Å². The Morgan fingerprint density at radius 2 is 1.95 bits per heavy atom. The van der Waals surface area contributed by atoms with E-state index in [2.05, 4.69) is 34.9 Å². The van der Waals surface area contributed by atoms with Gasteiger partial charge in [0.2, 0.25) is 5.91 Å². The predicted molar refractivity (Wildman–Crippen MR) is 161 cm³/mol. The van der Waals surface area contributed by atoms with Gasteiger partial charge >= 0.3 is 0 Å². The molecule has 2 aliphatic rings.